The molecule has 33 heavy (non-hydrogen) atoms. The van der Waals surface area contributed by atoms with Gasteiger partial charge >= 0.3 is 5.97 Å². The quantitative estimate of drug-likeness (QED) is 0.471. The molecule has 1 aliphatic rings. The monoisotopic (exact) mass is 489 g/mol. The molecule has 3 aromatic heterocycles. The molecule has 3 aromatic rings. The number of fused-ring (bicyclic) bond motifs is 1. The minimum Gasteiger partial charge on any atom is -0.459 e. The first-order valence-corrected chi connectivity index (χ1v) is 12.4. The van der Waals surface area contributed by atoms with E-state index in [1.54, 1.807) is 21.6 Å². The second-order valence-electron chi connectivity index (χ2n) is 8.36. The van der Waals surface area contributed by atoms with Gasteiger partial charge in [0.1, 0.15) is 11.7 Å². The number of ether oxygens (including phenoxy) is 1. The van der Waals surface area contributed by atoms with Crippen molar-refractivity contribution in [2.75, 3.05) is 5.32 Å². The Morgan fingerprint density at radius 3 is 2.73 bits per heavy atom. The number of carbonyl (C=O) groups is 2. The molecular weight excluding hydrogens is 462 g/mol. The number of thiophene rings is 1. The summed E-state index contributed by atoms with van der Waals surface area (Å²) in [6, 6.07) is 1.65. The Balaban J connectivity index is 1.54. The maximum absolute atomic E-state index is 13.0. The number of nitrogens with zero attached hydrogens (tertiary/aromatic N) is 4. The molecule has 0 spiro atoms. The van der Waals surface area contributed by atoms with Crippen LogP contribution in [0, 0.1) is 13.8 Å². The van der Waals surface area contributed by atoms with Gasteiger partial charge in [-0.05, 0) is 64.5 Å². The van der Waals surface area contributed by atoms with E-state index in [0.29, 0.717) is 22.3 Å². The Morgan fingerprint density at radius 2 is 2.03 bits per heavy atom. The van der Waals surface area contributed by atoms with Gasteiger partial charge in [0.05, 0.1) is 28.1 Å². The van der Waals surface area contributed by atoms with Crippen molar-refractivity contribution in [3.63, 3.8) is 0 Å². The third kappa shape index (κ3) is 4.84. The lowest BCUT2D eigenvalue weighted by Gasteiger charge is -2.15. The first-order chi connectivity index (χ1) is 15.8. The van der Waals surface area contributed by atoms with E-state index in [2.05, 4.69) is 15.5 Å². The van der Waals surface area contributed by atoms with E-state index in [0.717, 1.165) is 53.9 Å². The predicted molar refractivity (Wildman–Crippen MR) is 128 cm³/mol. The van der Waals surface area contributed by atoms with Crippen LogP contribution in [0.2, 0.25) is 5.02 Å². The Kier molecular flexibility index (Phi) is 6.90. The summed E-state index contributed by atoms with van der Waals surface area (Å²) in [7, 11) is 0. The van der Waals surface area contributed by atoms with Crippen molar-refractivity contribution in [1.82, 2.24) is 19.6 Å². The highest BCUT2D eigenvalue weighted by atomic mass is 35.5. The van der Waals surface area contributed by atoms with Crippen LogP contribution < -0.4 is 5.32 Å². The van der Waals surface area contributed by atoms with Crippen LogP contribution in [0.1, 0.15) is 75.8 Å². The fraction of sp³-hybridized carbons (Fsp3) is 0.478. The van der Waals surface area contributed by atoms with E-state index in [-0.39, 0.29) is 23.7 Å². The molecular formula is C23H28ClN5O3S. The Hall–Kier alpha value is -2.65. The smallest absolute Gasteiger partial charge is 0.341 e. The maximum Gasteiger partial charge on any atom is 0.341 e. The molecule has 10 heteroatoms. The van der Waals surface area contributed by atoms with Crippen LogP contribution in [0.4, 0.5) is 5.00 Å². The van der Waals surface area contributed by atoms with E-state index in [4.69, 9.17) is 16.3 Å². The van der Waals surface area contributed by atoms with E-state index >= 15 is 0 Å². The molecule has 0 aromatic carbocycles. The van der Waals surface area contributed by atoms with Crippen LogP contribution in [-0.2, 0) is 24.2 Å². The Morgan fingerprint density at radius 1 is 1.27 bits per heavy atom. The van der Waals surface area contributed by atoms with Crippen molar-refractivity contribution in [2.24, 2.45) is 0 Å². The van der Waals surface area contributed by atoms with Crippen molar-refractivity contribution in [2.45, 2.75) is 72.6 Å². The van der Waals surface area contributed by atoms with E-state index in [1.807, 2.05) is 27.7 Å². The molecule has 1 atom stereocenters. The minimum absolute atomic E-state index is 0.182. The number of rotatable bonds is 7. The van der Waals surface area contributed by atoms with Crippen molar-refractivity contribution < 1.29 is 14.3 Å². The maximum atomic E-state index is 13.0. The molecule has 0 radical (unpaired) electrons. The zero-order valence-corrected chi connectivity index (χ0v) is 20.8. The molecule has 176 valence electrons. The molecule has 0 aliphatic heterocycles. The fourth-order valence-corrected chi connectivity index (χ4v) is 5.28. The molecule has 0 fully saturated rings. The number of amides is 1. The van der Waals surface area contributed by atoms with E-state index < -0.39 is 0 Å². The van der Waals surface area contributed by atoms with Crippen LogP contribution in [0.5, 0.6) is 0 Å². The number of carbonyl (C=O) groups excluding carboxylic acids is 2. The molecule has 0 saturated carbocycles. The molecule has 1 amide bonds. The van der Waals surface area contributed by atoms with Crippen molar-refractivity contribution in [3.05, 3.63) is 50.4 Å². The number of aromatic nitrogens is 4. The Bertz CT molecular complexity index is 1200. The van der Waals surface area contributed by atoms with E-state index in [1.165, 1.54) is 11.3 Å². The topological polar surface area (TPSA) is 91.0 Å². The summed E-state index contributed by atoms with van der Waals surface area (Å²) in [6.07, 6.45) is 6.13. The van der Waals surface area contributed by atoms with Crippen molar-refractivity contribution in [3.8, 4) is 0 Å². The highest BCUT2D eigenvalue weighted by molar-refractivity contribution is 7.17. The van der Waals surface area contributed by atoms with Gasteiger partial charge in [0.25, 0.3) is 5.91 Å². The van der Waals surface area contributed by atoms with Crippen molar-refractivity contribution >= 4 is 39.8 Å². The molecule has 1 aliphatic carbocycles. The minimum atomic E-state index is -0.369. The summed E-state index contributed by atoms with van der Waals surface area (Å²) in [5.74, 6) is -0.734. The summed E-state index contributed by atoms with van der Waals surface area (Å²) in [5, 5.41) is 12.9. The number of hydrogen-bond acceptors (Lipinski definition) is 6. The number of halogens is 1. The molecule has 0 bridgehead atoms. The third-order valence-electron chi connectivity index (χ3n) is 5.93. The van der Waals surface area contributed by atoms with Gasteiger partial charge in [0.15, 0.2) is 5.69 Å². The summed E-state index contributed by atoms with van der Waals surface area (Å²) in [6.45, 7) is 7.92. The fourth-order valence-electron chi connectivity index (χ4n) is 3.87. The number of esters is 1. The number of aryl methyl sites for hydroxylation is 2. The lowest BCUT2D eigenvalue weighted by atomic mass is 9.95. The molecule has 0 saturated heterocycles. The van der Waals surface area contributed by atoms with Gasteiger partial charge < -0.3 is 10.1 Å². The largest absolute Gasteiger partial charge is 0.459 e. The summed E-state index contributed by atoms with van der Waals surface area (Å²) >= 11 is 7.69. The van der Waals surface area contributed by atoms with Crippen LogP contribution >= 0.6 is 22.9 Å². The van der Waals surface area contributed by atoms with Gasteiger partial charge in [-0.25, -0.2) is 9.48 Å². The zero-order valence-electron chi connectivity index (χ0n) is 19.3. The third-order valence-corrected chi connectivity index (χ3v) is 7.69. The SMILES string of the molecule is CCC(C)OC(=O)c1c(NC(=O)c2ccn(Cn3nc(C)c(Cl)c3C)n2)sc2c1CCCC2. The van der Waals surface area contributed by atoms with E-state index in [9.17, 15) is 9.59 Å². The molecule has 1 unspecified atom stereocenters. The highest BCUT2D eigenvalue weighted by Gasteiger charge is 2.28. The van der Waals surface area contributed by atoms with Crippen LogP contribution in [0.3, 0.4) is 0 Å². The molecule has 4 rings (SSSR count). The zero-order chi connectivity index (χ0) is 23.7. The van der Waals surface area contributed by atoms with Crippen LogP contribution in [-0.4, -0.2) is 37.5 Å². The average molecular weight is 490 g/mol. The first-order valence-electron chi connectivity index (χ1n) is 11.2. The first kappa shape index (κ1) is 23.5. The molecule has 8 nitrogen and oxygen atoms in total. The Labute approximate surface area is 201 Å². The average Bonchev–Trinajstić information content (AvgIpc) is 3.47. The lowest BCUT2D eigenvalue weighted by Crippen LogP contribution is -2.19. The summed E-state index contributed by atoms with van der Waals surface area (Å²) < 4.78 is 8.97. The second-order valence-corrected chi connectivity index (χ2v) is 9.84. The van der Waals surface area contributed by atoms with Gasteiger partial charge in [-0.15, -0.1) is 11.3 Å². The normalized spacial score (nSPS) is 14.1. The predicted octanol–water partition coefficient (Wildman–Crippen LogP) is 5.00. The molecule has 1 N–H and O–H groups in total. The van der Waals surface area contributed by atoms with Crippen LogP contribution in [0.25, 0.3) is 0 Å². The van der Waals surface area contributed by atoms with Gasteiger partial charge in [-0.2, -0.15) is 10.2 Å². The number of hydrogen-bond donors (Lipinski definition) is 1. The number of anilines is 1. The molecule has 3 heterocycles. The standard InChI is InChI=1S/C23H28ClN5O3S/c1-5-13(2)32-23(31)19-16-8-6-7-9-18(16)33-22(19)25-21(30)17-10-11-28(27-17)12-29-15(4)20(24)14(3)26-29/h10-11,13H,5-9,12H2,1-4H3,(H,25,30). The van der Waals surface area contributed by atoms with Gasteiger partial charge in [0.2, 0.25) is 0 Å². The van der Waals surface area contributed by atoms with Gasteiger partial charge in [0, 0.05) is 11.1 Å². The van der Waals surface area contributed by atoms with Crippen LogP contribution in [0.15, 0.2) is 12.3 Å². The van der Waals surface area contributed by atoms with Crippen molar-refractivity contribution in [1.29, 1.82) is 0 Å². The number of nitrogens with one attached hydrogen (secondary N) is 1. The summed E-state index contributed by atoms with van der Waals surface area (Å²) in [4.78, 5) is 27.1. The highest BCUT2D eigenvalue weighted by Crippen LogP contribution is 2.39. The van der Waals surface area contributed by atoms with Gasteiger partial charge in [-0.1, -0.05) is 18.5 Å². The van der Waals surface area contributed by atoms with Gasteiger partial charge in [-0.3, -0.25) is 9.48 Å². The lowest BCUT2D eigenvalue weighted by molar-refractivity contribution is 0.0335. The summed E-state index contributed by atoms with van der Waals surface area (Å²) in [5.41, 5.74) is 3.36. The second kappa shape index (κ2) is 9.69.